The van der Waals surface area contributed by atoms with Crippen LogP contribution in [0.1, 0.15) is 69.9 Å². The Morgan fingerprint density at radius 3 is 2.50 bits per heavy atom. The van der Waals surface area contributed by atoms with Crippen molar-refractivity contribution in [1.82, 2.24) is 19.6 Å². The van der Waals surface area contributed by atoms with Gasteiger partial charge in [0.1, 0.15) is 0 Å². The molecule has 122 valence electrons. The van der Waals surface area contributed by atoms with E-state index in [9.17, 15) is 0 Å². The number of hydrogen-bond acceptors (Lipinski definition) is 3. The van der Waals surface area contributed by atoms with E-state index in [1.165, 1.54) is 24.2 Å². The van der Waals surface area contributed by atoms with Crippen LogP contribution >= 0.6 is 12.4 Å². The summed E-state index contributed by atoms with van der Waals surface area (Å²) in [6.45, 7) is 9.43. The van der Waals surface area contributed by atoms with E-state index in [-0.39, 0.29) is 12.4 Å². The lowest BCUT2D eigenvalue weighted by Gasteiger charge is -2.11. The summed E-state index contributed by atoms with van der Waals surface area (Å²) in [5.41, 5.74) is 3.58. The highest BCUT2D eigenvalue weighted by atomic mass is 35.5. The standard InChI is InChI=1S/C16H25N5.ClH/c1-11(2)20-10-14(8-18-20)17-9-15-7-16(13-5-6-13)19-21(15)12(3)4;/h7-8,10-13,17H,5-6,9H2,1-4H3;1H. The highest BCUT2D eigenvalue weighted by Gasteiger charge is 2.27. The van der Waals surface area contributed by atoms with Crippen molar-refractivity contribution in [2.75, 3.05) is 5.32 Å². The fraction of sp³-hybridized carbons (Fsp3) is 0.625. The summed E-state index contributed by atoms with van der Waals surface area (Å²) >= 11 is 0. The van der Waals surface area contributed by atoms with E-state index in [2.05, 4.69) is 55.1 Å². The Balaban J connectivity index is 0.00000176. The number of hydrogen-bond donors (Lipinski definition) is 1. The molecule has 0 bridgehead atoms. The van der Waals surface area contributed by atoms with Crippen LogP contribution in [-0.4, -0.2) is 19.6 Å². The molecule has 22 heavy (non-hydrogen) atoms. The number of anilines is 1. The number of aromatic nitrogens is 4. The first-order chi connectivity index (χ1) is 10.0. The van der Waals surface area contributed by atoms with Gasteiger partial charge < -0.3 is 5.32 Å². The monoisotopic (exact) mass is 323 g/mol. The van der Waals surface area contributed by atoms with E-state index >= 15 is 0 Å². The van der Waals surface area contributed by atoms with Crippen LogP contribution in [0.4, 0.5) is 5.69 Å². The van der Waals surface area contributed by atoms with Gasteiger partial charge >= 0.3 is 0 Å². The van der Waals surface area contributed by atoms with Gasteiger partial charge in [0, 0.05) is 24.2 Å². The van der Waals surface area contributed by atoms with Crippen LogP contribution in [0.2, 0.25) is 0 Å². The van der Waals surface area contributed by atoms with Crippen molar-refractivity contribution in [2.45, 2.75) is 65.1 Å². The van der Waals surface area contributed by atoms with Gasteiger partial charge in [-0.05, 0) is 46.6 Å². The molecule has 2 aromatic rings. The van der Waals surface area contributed by atoms with Crippen molar-refractivity contribution in [3.8, 4) is 0 Å². The third kappa shape index (κ3) is 3.64. The van der Waals surface area contributed by atoms with E-state index in [4.69, 9.17) is 5.10 Å². The molecule has 1 aliphatic carbocycles. The SMILES string of the molecule is CC(C)n1cc(NCc2cc(C3CC3)nn2C(C)C)cn1.Cl. The molecule has 0 aromatic carbocycles. The number of rotatable bonds is 6. The van der Waals surface area contributed by atoms with Crippen LogP contribution in [0.25, 0.3) is 0 Å². The van der Waals surface area contributed by atoms with Gasteiger partial charge in [-0.2, -0.15) is 10.2 Å². The Bertz CT molecular complexity index is 610. The van der Waals surface area contributed by atoms with Crippen LogP contribution in [0.15, 0.2) is 18.5 Å². The van der Waals surface area contributed by atoms with Crippen molar-refractivity contribution in [1.29, 1.82) is 0 Å². The van der Waals surface area contributed by atoms with Crippen molar-refractivity contribution in [3.05, 3.63) is 29.8 Å². The van der Waals surface area contributed by atoms with Gasteiger partial charge in [0.05, 0.1) is 29.8 Å². The minimum Gasteiger partial charge on any atom is -0.377 e. The van der Waals surface area contributed by atoms with E-state index in [0.717, 1.165) is 12.2 Å². The highest BCUT2D eigenvalue weighted by Crippen LogP contribution is 2.39. The average Bonchev–Trinajstić information content (AvgIpc) is 3.02. The molecule has 0 saturated heterocycles. The largest absolute Gasteiger partial charge is 0.377 e. The van der Waals surface area contributed by atoms with Gasteiger partial charge in [0.2, 0.25) is 0 Å². The average molecular weight is 324 g/mol. The molecule has 1 N–H and O–H groups in total. The van der Waals surface area contributed by atoms with E-state index < -0.39 is 0 Å². The predicted octanol–water partition coefficient (Wildman–Crippen LogP) is 4.15. The van der Waals surface area contributed by atoms with Gasteiger partial charge in [-0.1, -0.05) is 0 Å². The second-order valence-corrected chi connectivity index (χ2v) is 6.53. The summed E-state index contributed by atoms with van der Waals surface area (Å²) in [7, 11) is 0. The van der Waals surface area contributed by atoms with Crippen LogP contribution < -0.4 is 5.32 Å². The van der Waals surface area contributed by atoms with Crippen molar-refractivity contribution >= 4 is 18.1 Å². The molecule has 0 amide bonds. The lowest BCUT2D eigenvalue weighted by atomic mass is 10.2. The first kappa shape index (κ1) is 16.9. The molecule has 2 aromatic heterocycles. The fourth-order valence-corrected chi connectivity index (χ4v) is 2.52. The number of nitrogens with zero attached hydrogens (tertiary/aromatic N) is 4. The lowest BCUT2D eigenvalue weighted by Crippen LogP contribution is -2.11. The van der Waals surface area contributed by atoms with Crippen LogP contribution in [-0.2, 0) is 6.54 Å². The summed E-state index contributed by atoms with van der Waals surface area (Å²) in [6, 6.07) is 3.05. The maximum Gasteiger partial charge on any atom is 0.0729 e. The van der Waals surface area contributed by atoms with E-state index in [1.807, 2.05) is 10.9 Å². The molecule has 1 aliphatic rings. The molecule has 0 aliphatic heterocycles. The molecular formula is C16H26ClN5. The third-order valence-corrected chi connectivity index (χ3v) is 3.92. The first-order valence-electron chi connectivity index (χ1n) is 7.91. The minimum atomic E-state index is 0. The molecule has 3 rings (SSSR count). The van der Waals surface area contributed by atoms with E-state index in [0.29, 0.717) is 18.0 Å². The first-order valence-corrected chi connectivity index (χ1v) is 7.91. The maximum atomic E-state index is 4.77. The quantitative estimate of drug-likeness (QED) is 0.868. The molecule has 1 fully saturated rings. The summed E-state index contributed by atoms with van der Waals surface area (Å²) in [4.78, 5) is 0. The third-order valence-electron chi connectivity index (χ3n) is 3.92. The zero-order chi connectivity index (χ0) is 15.0. The predicted molar refractivity (Wildman–Crippen MR) is 91.8 cm³/mol. The zero-order valence-corrected chi connectivity index (χ0v) is 14.6. The smallest absolute Gasteiger partial charge is 0.0729 e. The molecule has 0 radical (unpaired) electrons. The normalized spacial score (nSPS) is 14.5. The van der Waals surface area contributed by atoms with Gasteiger partial charge in [0.25, 0.3) is 0 Å². The molecule has 0 unspecified atom stereocenters. The maximum absolute atomic E-state index is 4.77. The fourth-order valence-electron chi connectivity index (χ4n) is 2.52. The lowest BCUT2D eigenvalue weighted by molar-refractivity contribution is 0.507. The van der Waals surface area contributed by atoms with Crippen LogP contribution in [0.3, 0.4) is 0 Å². The Kier molecular flexibility index (Phi) is 5.16. The number of nitrogens with one attached hydrogen (secondary N) is 1. The van der Waals surface area contributed by atoms with Gasteiger partial charge in [0.15, 0.2) is 0 Å². The minimum absolute atomic E-state index is 0. The Morgan fingerprint density at radius 1 is 1.23 bits per heavy atom. The molecule has 2 heterocycles. The number of halogens is 1. The molecule has 6 heteroatoms. The summed E-state index contributed by atoms with van der Waals surface area (Å²) < 4.78 is 4.12. The molecule has 1 saturated carbocycles. The van der Waals surface area contributed by atoms with Crippen molar-refractivity contribution < 1.29 is 0 Å². The Labute approximate surface area is 138 Å². The molecule has 0 spiro atoms. The second-order valence-electron chi connectivity index (χ2n) is 6.53. The van der Waals surface area contributed by atoms with Crippen molar-refractivity contribution in [2.24, 2.45) is 0 Å². The van der Waals surface area contributed by atoms with Gasteiger partial charge in [-0.25, -0.2) is 0 Å². The van der Waals surface area contributed by atoms with Gasteiger partial charge in [-0.3, -0.25) is 9.36 Å². The molecule has 0 atom stereocenters. The van der Waals surface area contributed by atoms with Crippen LogP contribution in [0, 0.1) is 0 Å². The van der Waals surface area contributed by atoms with Crippen molar-refractivity contribution in [3.63, 3.8) is 0 Å². The summed E-state index contributed by atoms with van der Waals surface area (Å²) in [5, 5.41) is 12.6. The van der Waals surface area contributed by atoms with E-state index in [1.54, 1.807) is 0 Å². The molecular weight excluding hydrogens is 298 g/mol. The zero-order valence-electron chi connectivity index (χ0n) is 13.8. The second kappa shape index (κ2) is 6.73. The Hall–Kier alpha value is -1.49. The topological polar surface area (TPSA) is 47.7 Å². The highest BCUT2D eigenvalue weighted by molar-refractivity contribution is 5.85. The Morgan fingerprint density at radius 2 is 1.95 bits per heavy atom. The summed E-state index contributed by atoms with van der Waals surface area (Å²) in [6.07, 6.45) is 6.53. The van der Waals surface area contributed by atoms with Crippen LogP contribution in [0.5, 0.6) is 0 Å². The summed E-state index contributed by atoms with van der Waals surface area (Å²) in [5.74, 6) is 0.701. The molecule has 5 nitrogen and oxygen atoms in total. The van der Waals surface area contributed by atoms with Gasteiger partial charge in [-0.15, -0.1) is 12.4 Å².